The Hall–Kier alpha value is -2.90. The van der Waals surface area contributed by atoms with Crippen molar-refractivity contribution in [2.75, 3.05) is 6.61 Å². The van der Waals surface area contributed by atoms with E-state index in [0.29, 0.717) is 23.3 Å². The molecule has 1 saturated carbocycles. The molecule has 2 aliphatic heterocycles. The second-order valence-electron chi connectivity index (χ2n) is 7.58. The maximum Gasteiger partial charge on any atom is 0.258 e. The summed E-state index contributed by atoms with van der Waals surface area (Å²) in [6.07, 6.45) is 2.45. The van der Waals surface area contributed by atoms with Crippen molar-refractivity contribution in [2.45, 2.75) is 50.7 Å². The summed E-state index contributed by atoms with van der Waals surface area (Å²) in [6.45, 7) is 2.08. The summed E-state index contributed by atoms with van der Waals surface area (Å²) in [7, 11) is 0. The highest BCUT2D eigenvalue weighted by Crippen LogP contribution is 2.35. The van der Waals surface area contributed by atoms with E-state index in [2.05, 4.69) is 10.6 Å². The first-order valence-electron chi connectivity index (χ1n) is 9.07. The molecule has 1 aliphatic carbocycles. The van der Waals surface area contributed by atoms with E-state index >= 15 is 0 Å². The molecule has 3 aliphatic rings. The van der Waals surface area contributed by atoms with Crippen molar-refractivity contribution in [1.29, 1.82) is 0 Å². The van der Waals surface area contributed by atoms with Crippen LogP contribution >= 0.6 is 0 Å². The highest BCUT2D eigenvalue weighted by atomic mass is 16.5. The Bertz CT molecular complexity index is 846. The molecule has 1 aromatic rings. The van der Waals surface area contributed by atoms with Gasteiger partial charge in [-0.3, -0.25) is 24.5 Å². The minimum Gasteiger partial charge on any atom is -0.483 e. The monoisotopic (exact) mass is 371 g/mol. The van der Waals surface area contributed by atoms with E-state index in [1.165, 1.54) is 4.90 Å². The lowest BCUT2D eigenvalue weighted by atomic mass is 10.0. The lowest BCUT2D eigenvalue weighted by Gasteiger charge is -2.29. The number of amides is 4. The van der Waals surface area contributed by atoms with Crippen molar-refractivity contribution in [3.05, 3.63) is 29.3 Å². The fourth-order valence-corrected chi connectivity index (χ4v) is 3.52. The van der Waals surface area contributed by atoms with Crippen LogP contribution in [0.25, 0.3) is 0 Å². The van der Waals surface area contributed by atoms with Gasteiger partial charge in [-0.1, -0.05) is 6.07 Å². The highest BCUT2D eigenvalue weighted by molar-refractivity contribution is 6.05. The average molecular weight is 371 g/mol. The van der Waals surface area contributed by atoms with Gasteiger partial charge < -0.3 is 15.0 Å². The summed E-state index contributed by atoms with van der Waals surface area (Å²) in [6, 6.07) is 4.42. The first kappa shape index (κ1) is 17.5. The molecule has 1 unspecified atom stereocenters. The number of nitrogens with one attached hydrogen (secondary N) is 2. The molecule has 142 valence electrons. The predicted octanol–water partition coefficient (Wildman–Crippen LogP) is 0.495. The van der Waals surface area contributed by atoms with Crippen molar-refractivity contribution in [3.8, 4) is 5.75 Å². The molecule has 27 heavy (non-hydrogen) atoms. The van der Waals surface area contributed by atoms with Gasteiger partial charge in [-0.2, -0.15) is 0 Å². The van der Waals surface area contributed by atoms with Gasteiger partial charge in [0, 0.05) is 23.1 Å². The van der Waals surface area contributed by atoms with E-state index in [-0.39, 0.29) is 42.8 Å². The Morgan fingerprint density at radius 1 is 1.33 bits per heavy atom. The number of ether oxygens (including phenoxy) is 1. The third kappa shape index (κ3) is 3.39. The number of carbonyl (C=O) groups is 4. The van der Waals surface area contributed by atoms with Crippen LogP contribution in [0.15, 0.2) is 18.2 Å². The summed E-state index contributed by atoms with van der Waals surface area (Å²) < 4.78 is 5.67. The molecule has 1 saturated heterocycles. The summed E-state index contributed by atoms with van der Waals surface area (Å²) in [5.74, 6) is -0.766. The molecule has 2 fully saturated rings. The molecule has 2 heterocycles. The minimum atomic E-state index is -0.673. The van der Waals surface area contributed by atoms with Gasteiger partial charge in [0.15, 0.2) is 6.61 Å². The number of imide groups is 1. The first-order valence-corrected chi connectivity index (χ1v) is 9.07. The lowest BCUT2D eigenvalue weighted by Crippen LogP contribution is -2.52. The van der Waals surface area contributed by atoms with Crippen LogP contribution in [0.1, 0.15) is 48.5 Å². The fourth-order valence-electron chi connectivity index (χ4n) is 3.52. The van der Waals surface area contributed by atoms with Crippen molar-refractivity contribution >= 4 is 23.6 Å². The number of hydrogen-bond donors (Lipinski definition) is 2. The van der Waals surface area contributed by atoms with Crippen LogP contribution < -0.4 is 15.4 Å². The van der Waals surface area contributed by atoms with E-state index in [1.54, 1.807) is 18.2 Å². The lowest BCUT2D eigenvalue weighted by molar-refractivity contribution is -0.137. The second kappa shape index (κ2) is 6.37. The van der Waals surface area contributed by atoms with E-state index in [9.17, 15) is 19.2 Å². The van der Waals surface area contributed by atoms with Crippen LogP contribution in [-0.4, -0.2) is 46.7 Å². The predicted molar refractivity (Wildman–Crippen MR) is 93.8 cm³/mol. The first-order chi connectivity index (χ1) is 12.9. The normalized spacial score (nSPS) is 22.9. The number of hydrogen-bond acceptors (Lipinski definition) is 5. The van der Waals surface area contributed by atoms with Crippen LogP contribution in [0, 0.1) is 0 Å². The Labute approximate surface area is 156 Å². The van der Waals surface area contributed by atoms with E-state index in [4.69, 9.17) is 4.74 Å². The molecule has 0 radical (unpaired) electrons. The number of carbonyl (C=O) groups excluding carboxylic acids is 4. The van der Waals surface area contributed by atoms with Gasteiger partial charge in [0.1, 0.15) is 11.8 Å². The smallest absolute Gasteiger partial charge is 0.258 e. The van der Waals surface area contributed by atoms with Crippen molar-refractivity contribution in [3.63, 3.8) is 0 Å². The number of rotatable bonds is 5. The summed E-state index contributed by atoms with van der Waals surface area (Å²) in [5.41, 5.74) is 1.02. The number of benzene rings is 1. The molecular weight excluding hydrogens is 350 g/mol. The summed E-state index contributed by atoms with van der Waals surface area (Å²) >= 11 is 0. The zero-order valence-corrected chi connectivity index (χ0v) is 15.0. The Morgan fingerprint density at radius 2 is 2.11 bits per heavy atom. The zero-order chi connectivity index (χ0) is 19.2. The SMILES string of the molecule is CC1(NC(=O)COc2cccc3c2CN(C2CCC(=O)NC2=O)C3=O)CC1. The van der Waals surface area contributed by atoms with Crippen LogP contribution in [0.2, 0.25) is 0 Å². The van der Waals surface area contributed by atoms with Gasteiger partial charge in [0.2, 0.25) is 11.8 Å². The molecule has 1 aromatic carbocycles. The second-order valence-corrected chi connectivity index (χ2v) is 7.58. The molecule has 0 aromatic heterocycles. The number of nitrogens with zero attached hydrogens (tertiary/aromatic N) is 1. The van der Waals surface area contributed by atoms with Crippen LogP contribution in [0.3, 0.4) is 0 Å². The van der Waals surface area contributed by atoms with Gasteiger partial charge in [-0.05, 0) is 38.3 Å². The molecule has 2 N–H and O–H groups in total. The van der Waals surface area contributed by atoms with Crippen LogP contribution in [0.5, 0.6) is 5.75 Å². The van der Waals surface area contributed by atoms with Gasteiger partial charge in [-0.25, -0.2) is 0 Å². The van der Waals surface area contributed by atoms with Crippen molar-refractivity contribution in [1.82, 2.24) is 15.5 Å². The average Bonchev–Trinajstić information content (AvgIpc) is 3.25. The molecular formula is C19H21N3O5. The standard InChI is InChI=1S/C19H21N3O5/c1-19(7-8-19)21-16(24)10-27-14-4-2-3-11-12(14)9-22(18(11)26)13-5-6-15(23)20-17(13)25/h2-4,13H,5-10H2,1H3,(H,21,24)(H,20,23,25). The maximum absolute atomic E-state index is 12.7. The Kier molecular flexibility index (Phi) is 4.13. The Morgan fingerprint density at radius 3 is 2.81 bits per heavy atom. The van der Waals surface area contributed by atoms with E-state index in [1.807, 2.05) is 6.92 Å². The van der Waals surface area contributed by atoms with Gasteiger partial charge in [0.05, 0.1) is 6.54 Å². The van der Waals surface area contributed by atoms with Gasteiger partial charge >= 0.3 is 0 Å². The number of fused-ring (bicyclic) bond motifs is 1. The zero-order valence-electron chi connectivity index (χ0n) is 15.0. The fraction of sp³-hybridized carbons (Fsp3) is 0.474. The third-order valence-corrected chi connectivity index (χ3v) is 5.34. The largest absolute Gasteiger partial charge is 0.483 e. The summed E-state index contributed by atoms with van der Waals surface area (Å²) in [5, 5.41) is 5.20. The van der Waals surface area contributed by atoms with Crippen LogP contribution in [0.4, 0.5) is 0 Å². The van der Waals surface area contributed by atoms with E-state index < -0.39 is 11.9 Å². The number of piperidine rings is 1. The molecule has 1 atom stereocenters. The van der Waals surface area contributed by atoms with Crippen molar-refractivity contribution in [2.24, 2.45) is 0 Å². The quantitative estimate of drug-likeness (QED) is 0.733. The maximum atomic E-state index is 12.7. The summed E-state index contributed by atoms with van der Waals surface area (Å²) in [4.78, 5) is 49.7. The minimum absolute atomic E-state index is 0.113. The van der Waals surface area contributed by atoms with Crippen LogP contribution in [-0.2, 0) is 20.9 Å². The third-order valence-electron chi connectivity index (χ3n) is 5.34. The van der Waals surface area contributed by atoms with Crippen molar-refractivity contribution < 1.29 is 23.9 Å². The molecule has 0 spiro atoms. The van der Waals surface area contributed by atoms with Gasteiger partial charge in [-0.15, -0.1) is 0 Å². The topological polar surface area (TPSA) is 105 Å². The van der Waals surface area contributed by atoms with Gasteiger partial charge in [0.25, 0.3) is 11.8 Å². The molecule has 4 rings (SSSR count). The molecule has 0 bridgehead atoms. The van der Waals surface area contributed by atoms with E-state index in [0.717, 1.165) is 12.8 Å². The highest BCUT2D eigenvalue weighted by Gasteiger charge is 2.41. The molecule has 8 nitrogen and oxygen atoms in total. The molecule has 4 amide bonds. The Balaban J connectivity index is 1.46. The molecule has 8 heteroatoms.